The third-order valence-corrected chi connectivity index (χ3v) is 5.03. The van der Waals surface area contributed by atoms with Gasteiger partial charge in [-0.2, -0.15) is 0 Å². The number of guanidine groups is 1. The Morgan fingerprint density at radius 3 is 2.70 bits per heavy atom. The molecule has 1 atom stereocenters. The lowest BCUT2D eigenvalue weighted by atomic mass is 10.1. The molecule has 0 aliphatic carbocycles. The van der Waals surface area contributed by atoms with Gasteiger partial charge in [0.25, 0.3) is 0 Å². The fourth-order valence-electron chi connectivity index (χ4n) is 3.47. The first-order valence-corrected chi connectivity index (χ1v) is 9.73. The van der Waals surface area contributed by atoms with E-state index in [2.05, 4.69) is 35.9 Å². The molecule has 0 aromatic heterocycles. The van der Waals surface area contributed by atoms with Crippen molar-refractivity contribution in [1.82, 2.24) is 15.1 Å². The van der Waals surface area contributed by atoms with Crippen LogP contribution < -0.4 is 10.1 Å². The summed E-state index contributed by atoms with van der Waals surface area (Å²) in [5.41, 5.74) is 0.777. The van der Waals surface area contributed by atoms with Gasteiger partial charge in [-0.1, -0.05) is 26.0 Å². The normalized spacial score (nSPS) is 17.1. The average molecular weight is 490 g/mol. The summed E-state index contributed by atoms with van der Waals surface area (Å²) >= 11 is 0. The predicted molar refractivity (Wildman–Crippen MR) is 122 cm³/mol. The maximum Gasteiger partial charge on any atom is 0.194 e. The van der Waals surface area contributed by atoms with Gasteiger partial charge in [0.15, 0.2) is 17.5 Å². The van der Waals surface area contributed by atoms with Crippen LogP contribution in [0, 0.1) is 5.92 Å². The topological polar surface area (TPSA) is 60.3 Å². The lowest BCUT2D eigenvalue weighted by molar-refractivity contribution is 0.255. The molecule has 1 aromatic rings. The van der Waals surface area contributed by atoms with E-state index >= 15 is 0 Å². The molecule has 1 aliphatic heterocycles. The molecule has 1 heterocycles. The van der Waals surface area contributed by atoms with Crippen molar-refractivity contribution in [2.24, 2.45) is 10.9 Å². The van der Waals surface area contributed by atoms with Gasteiger partial charge in [-0.3, -0.25) is 0 Å². The van der Waals surface area contributed by atoms with Gasteiger partial charge in [0, 0.05) is 31.7 Å². The highest BCUT2D eigenvalue weighted by Gasteiger charge is 2.26. The molecule has 6 nitrogen and oxygen atoms in total. The van der Waals surface area contributed by atoms with Crippen molar-refractivity contribution in [2.45, 2.75) is 33.7 Å². The van der Waals surface area contributed by atoms with Gasteiger partial charge in [-0.25, -0.2) is 4.99 Å². The molecule has 1 unspecified atom stereocenters. The number of hydrogen-bond acceptors (Lipinski definition) is 4. The summed E-state index contributed by atoms with van der Waals surface area (Å²) in [6.07, 6.45) is 1.20. The maximum absolute atomic E-state index is 10.3. The Kier molecular flexibility index (Phi) is 10.8. The second kappa shape index (κ2) is 12.3. The minimum absolute atomic E-state index is 0. The van der Waals surface area contributed by atoms with Crippen LogP contribution in [0.5, 0.6) is 11.5 Å². The van der Waals surface area contributed by atoms with Crippen molar-refractivity contribution in [3.8, 4) is 11.5 Å². The number of benzene rings is 1. The van der Waals surface area contributed by atoms with Crippen molar-refractivity contribution in [3.05, 3.63) is 23.8 Å². The summed E-state index contributed by atoms with van der Waals surface area (Å²) in [4.78, 5) is 9.59. The molecule has 0 radical (unpaired) electrons. The van der Waals surface area contributed by atoms with Gasteiger partial charge >= 0.3 is 0 Å². The highest BCUT2D eigenvalue weighted by atomic mass is 127. The first kappa shape index (κ1) is 23.8. The number of halogens is 1. The smallest absolute Gasteiger partial charge is 0.194 e. The van der Waals surface area contributed by atoms with E-state index in [1.165, 1.54) is 6.42 Å². The summed E-state index contributed by atoms with van der Waals surface area (Å²) in [6, 6.07) is 5.52. The number of aromatic hydroxyl groups is 1. The molecule has 1 aromatic carbocycles. The average Bonchev–Trinajstić information content (AvgIpc) is 3.12. The number of aliphatic imine (C=N–C) groups is 1. The number of rotatable bonds is 8. The number of methoxy groups -OCH3 is 1. The zero-order chi connectivity index (χ0) is 18.9. The van der Waals surface area contributed by atoms with Gasteiger partial charge in [0.05, 0.1) is 13.7 Å². The molecule has 154 valence electrons. The highest BCUT2D eigenvalue weighted by molar-refractivity contribution is 14.0. The predicted octanol–water partition coefficient (Wildman–Crippen LogP) is 3.15. The molecule has 0 bridgehead atoms. The van der Waals surface area contributed by atoms with Crippen molar-refractivity contribution in [3.63, 3.8) is 0 Å². The zero-order valence-corrected chi connectivity index (χ0v) is 19.4. The molecular formula is C20H35IN4O2. The zero-order valence-electron chi connectivity index (χ0n) is 17.1. The van der Waals surface area contributed by atoms with E-state index in [1.54, 1.807) is 13.2 Å². The Bertz CT molecular complexity index is 593. The maximum atomic E-state index is 10.3. The Labute approximate surface area is 181 Å². The van der Waals surface area contributed by atoms with Crippen LogP contribution in [0.3, 0.4) is 0 Å². The summed E-state index contributed by atoms with van der Waals surface area (Å²) in [6.45, 7) is 13.2. The molecule has 0 amide bonds. The van der Waals surface area contributed by atoms with E-state index in [9.17, 15) is 5.11 Å². The fourth-order valence-corrected chi connectivity index (χ4v) is 3.47. The van der Waals surface area contributed by atoms with Crippen LogP contribution in [0.25, 0.3) is 0 Å². The molecule has 7 heteroatoms. The minimum atomic E-state index is 0. The minimum Gasteiger partial charge on any atom is -0.504 e. The van der Waals surface area contributed by atoms with Crippen molar-refractivity contribution < 1.29 is 9.84 Å². The number of phenolic OH excluding ortho intramolecular Hbond substituents is 1. The molecule has 2 N–H and O–H groups in total. The Balaban J connectivity index is 0.00000364. The third-order valence-electron chi connectivity index (χ3n) is 5.03. The summed E-state index contributed by atoms with van der Waals surface area (Å²) < 4.78 is 5.18. The van der Waals surface area contributed by atoms with Crippen molar-refractivity contribution in [2.75, 3.05) is 46.4 Å². The van der Waals surface area contributed by atoms with Gasteiger partial charge in [0.1, 0.15) is 0 Å². The van der Waals surface area contributed by atoms with Crippen molar-refractivity contribution >= 4 is 29.9 Å². The molecule has 1 fully saturated rings. The number of phenols is 1. The standard InChI is InChI=1S/C20H34N4O2.HI/c1-5-21-20(22-13-17-9-8-10-18(26-4)19(17)25)24-12-11-16(15-24)14-23(6-2)7-3;/h8-10,16,25H,5-7,11-15H2,1-4H3,(H,21,22);1H. The molecule has 0 saturated carbocycles. The van der Waals surface area contributed by atoms with Crippen LogP contribution in [0.1, 0.15) is 32.8 Å². The van der Waals surface area contributed by atoms with Crippen LogP contribution in [0.4, 0.5) is 0 Å². The first-order chi connectivity index (χ1) is 12.6. The quantitative estimate of drug-likeness (QED) is 0.333. The van der Waals surface area contributed by atoms with E-state index in [-0.39, 0.29) is 29.7 Å². The van der Waals surface area contributed by atoms with E-state index in [0.29, 0.717) is 18.2 Å². The van der Waals surface area contributed by atoms with E-state index in [0.717, 1.165) is 50.8 Å². The van der Waals surface area contributed by atoms with E-state index in [4.69, 9.17) is 9.73 Å². The van der Waals surface area contributed by atoms with Gasteiger partial charge < -0.3 is 25.0 Å². The van der Waals surface area contributed by atoms with Crippen LogP contribution >= 0.6 is 24.0 Å². The molecule has 1 aliphatic rings. The first-order valence-electron chi connectivity index (χ1n) is 9.73. The summed E-state index contributed by atoms with van der Waals surface area (Å²) in [5.74, 6) is 2.28. The number of hydrogen-bond donors (Lipinski definition) is 2. The van der Waals surface area contributed by atoms with Crippen LogP contribution in [0.2, 0.25) is 0 Å². The number of nitrogens with zero attached hydrogens (tertiary/aromatic N) is 3. The lowest BCUT2D eigenvalue weighted by Crippen LogP contribution is -2.40. The number of nitrogens with one attached hydrogen (secondary N) is 1. The summed E-state index contributed by atoms with van der Waals surface area (Å²) in [5, 5.41) is 13.7. The second-order valence-corrected chi connectivity index (χ2v) is 6.72. The Hall–Kier alpha value is -1.22. The van der Waals surface area contributed by atoms with Crippen LogP contribution in [-0.4, -0.2) is 67.2 Å². The summed E-state index contributed by atoms with van der Waals surface area (Å²) in [7, 11) is 1.56. The third kappa shape index (κ3) is 6.71. The largest absolute Gasteiger partial charge is 0.504 e. The molecule has 1 saturated heterocycles. The monoisotopic (exact) mass is 490 g/mol. The molecule has 27 heavy (non-hydrogen) atoms. The lowest BCUT2D eigenvalue weighted by Gasteiger charge is -2.24. The number of para-hydroxylation sites is 1. The highest BCUT2D eigenvalue weighted by Crippen LogP contribution is 2.29. The Morgan fingerprint density at radius 1 is 1.33 bits per heavy atom. The van der Waals surface area contributed by atoms with Gasteiger partial charge in [-0.05, 0) is 38.4 Å². The van der Waals surface area contributed by atoms with Gasteiger partial charge in [0.2, 0.25) is 0 Å². The fraction of sp³-hybridized carbons (Fsp3) is 0.650. The van der Waals surface area contributed by atoms with E-state index < -0.39 is 0 Å². The number of likely N-dealkylation sites (tertiary alicyclic amines) is 1. The van der Waals surface area contributed by atoms with Gasteiger partial charge in [-0.15, -0.1) is 24.0 Å². The Morgan fingerprint density at radius 2 is 2.07 bits per heavy atom. The molecule has 0 spiro atoms. The van der Waals surface area contributed by atoms with Crippen molar-refractivity contribution in [1.29, 1.82) is 0 Å². The number of ether oxygens (including phenoxy) is 1. The van der Waals surface area contributed by atoms with E-state index in [1.807, 2.05) is 12.1 Å². The second-order valence-electron chi connectivity index (χ2n) is 6.72. The van der Waals surface area contributed by atoms with Crippen LogP contribution in [-0.2, 0) is 6.54 Å². The molecular weight excluding hydrogens is 455 g/mol. The molecule has 2 rings (SSSR count). The van der Waals surface area contributed by atoms with Crippen LogP contribution in [0.15, 0.2) is 23.2 Å². The SMILES string of the molecule is CCNC(=NCc1cccc(OC)c1O)N1CCC(CN(CC)CC)C1.I.